The van der Waals surface area contributed by atoms with Crippen molar-refractivity contribution in [3.05, 3.63) is 0 Å². The summed E-state index contributed by atoms with van der Waals surface area (Å²) in [5, 5.41) is 0. The highest BCUT2D eigenvalue weighted by Gasteiger charge is 2.16. The number of halogens is 2. The minimum atomic E-state index is 0. The molecule has 0 fully saturated rings. The van der Waals surface area contributed by atoms with Gasteiger partial charge >= 0.3 is 0 Å². The minimum absolute atomic E-state index is 0. The summed E-state index contributed by atoms with van der Waals surface area (Å²) < 4.78 is 2.29. The first-order chi connectivity index (χ1) is 7.77. The predicted molar refractivity (Wildman–Crippen MR) is 98.3 cm³/mol. The molecule has 0 spiro atoms. The standard InChI is InChI=1S/C15H36N2.3CH4.2ClH/c1-7-8-9-10-11-14-17(5,6)15-12-13-16(2,3)4;;;;;/h7-15H2,1-6H3;3*1H4;2*1H/q+2;;;;;/p-2. The molecule has 0 rings (SSSR count). The van der Waals surface area contributed by atoms with Gasteiger partial charge < -0.3 is 33.8 Å². The highest BCUT2D eigenvalue weighted by molar-refractivity contribution is 4.43. The van der Waals surface area contributed by atoms with Gasteiger partial charge in [-0.2, -0.15) is 0 Å². The zero-order valence-corrected chi connectivity index (χ0v) is 15.5. The largest absolute Gasteiger partial charge is 1.00 e. The van der Waals surface area contributed by atoms with Gasteiger partial charge in [0.1, 0.15) is 0 Å². The zero-order valence-electron chi connectivity index (χ0n) is 14.0. The summed E-state index contributed by atoms with van der Waals surface area (Å²) in [4.78, 5) is 0. The average molecular weight is 364 g/mol. The van der Waals surface area contributed by atoms with Crippen LogP contribution in [0.2, 0.25) is 0 Å². The fraction of sp³-hybridized carbons (Fsp3) is 1.00. The first-order valence-electron chi connectivity index (χ1n) is 7.39. The number of hydrogen-bond acceptors (Lipinski definition) is 0. The highest BCUT2D eigenvalue weighted by Crippen LogP contribution is 2.08. The smallest absolute Gasteiger partial charge is 0.0836 e. The molecule has 0 radical (unpaired) electrons. The van der Waals surface area contributed by atoms with Crippen LogP contribution in [0.15, 0.2) is 0 Å². The van der Waals surface area contributed by atoms with E-state index in [-0.39, 0.29) is 47.1 Å². The van der Waals surface area contributed by atoms with Crippen LogP contribution in [0.3, 0.4) is 0 Å². The van der Waals surface area contributed by atoms with E-state index < -0.39 is 0 Å². The van der Waals surface area contributed by atoms with Crippen molar-refractivity contribution in [3.63, 3.8) is 0 Å². The summed E-state index contributed by atoms with van der Waals surface area (Å²) in [5.74, 6) is 0. The Labute approximate surface area is 156 Å². The Morgan fingerprint density at radius 3 is 1.36 bits per heavy atom. The molecule has 0 aliphatic rings. The Morgan fingerprint density at radius 2 is 0.955 bits per heavy atom. The maximum atomic E-state index is 2.38. The molecule has 2 nitrogen and oxygen atoms in total. The molecule has 0 aliphatic heterocycles. The Bertz CT molecular complexity index is 190. The van der Waals surface area contributed by atoms with Crippen LogP contribution in [0.25, 0.3) is 0 Å². The highest BCUT2D eigenvalue weighted by atomic mass is 35.5. The number of nitrogens with zero attached hydrogens (tertiary/aromatic N) is 2. The fourth-order valence-electron chi connectivity index (χ4n) is 2.23. The molecule has 0 aliphatic carbocycles. The molecule has 0 aromatic carbocycles. The van der Waals surface area contributed by atoms with E-state index in [1.165, 1.54) is 62.6 Å². The predicted octanol–water partition coefficient (Wildman–Crippen LogP) is -0.954. The Kier molecular flexibility index (Phi) is 33.9. The van der Waals surface area contributed by atoms with Crippen molar-refractivity contribution in [3.8, 4) is 0 Å². The molecule has 0 unspecified atom stereocenters. The van der Waals surface area contributed by atoms with E-state index in [1.807, 2.05) is 0 Å². The van der Waals surface area contributed by atoms with Gasteiger partial charge in [-0.15, -0.1) is 0 Å². The van der Waals surface area contributed by atoms with Crippen LogP contribution in [0.1, 0.15) is 67.7 Å². The third-order valence-electron chi connectivity index (χ3n) is 3.46. The molecule has 0 amide bonds. The van der Waals surface area contributed by atoms with Crippen LogP contribution in [-0.4, -0.2) is 63.8 Å². The van der Waals surface area contributed by atoms with Crippen LogP contribution in [0.4, 0.5) is 0 Å². The van der Waals surface area contributed by atoms with Crippen LogP contribution in [-0.2, 0) is 0 Å². The van der Waals surface area contributed by atoms with Gasteiger partial charge in [-0.3, -0.25) is 0 Å². The quantitative estimate of drug-likeness (QED) is 0.347. The third-order valence-corrected chi connectivity index (χ3v) is 3.46. The van der Waals surface area contributed by atoms with Crippen molar-refractivity contribution in [2.45, 2.75) is 67.7 Å². The van der Waals surface area contributed by atoms with Crippen LogP contribution < -0.4 is 24.8 Å². The maximum Gasteiger partial charge on any atom is 0.0836 e. The second-order valence-electron chi connectivity index (χ2n) is 7.16. The first-order valence-corrected chi connectivity index (χ1v) is 7.39. The van der Waals surface area contributed by atoms with Gasteiger partial charge in [0, 0.05) is 6.42 Å². The van der Waals surface area contributed by atoms with Crippen molar-refractivity contribution >= 4 is 0 Å². The van der Waals surface area contributed by atoms with Gasteiger partial charge in [-0.05, 0) is 12.8 Å². The summed E-state index contributed by atoms with van der Waals surface area (Å²) in [5.41, 5.74) is 0. The van der Waals surface area contributed by atoms with Gasteiger partial charge in [0.05, 0.1) is 54.9 Å². The molecule has 0 heterocycles. The number of quaternary nitrogens is 2. The van der Waals surface area contributed by atoms with Gasteiger partial charge in [0.15, 0.2) is 0 Å². The summed E-state index contributed by atoms with van der Waals surface area (Å²) in [6.45, 7) is 6.24. The number of rotatable bonds is 10. The molecule has 0 saturated heterocycles. The normalized spacial score (nSPS) is 10.1. The topological polar surface area (TPSA) is 0 Å². The third kappa shape index (κ3) is 28.6. The molecule has 0 N–H and O–H groups in total. The molecular formula is C18H48Cl2N2. The van der Waals surface area contributed by atoms with Gasteiger partial charge in [0.2, 0.25) is 0 Å². The van der Waals surface area contributed by atoms with E-state index in [0.29, 0.717) is 0 Å². The number of hydrogen-bond donors (Lipinski definition) is 0. The Hall–Kier alpha value is 0.500. The Balaban J connectivity index is -0.000000128. The maximum absolute atomic E-state index is 2.38. The molecule has 0 saturated carbocycles. The van der Waals surface area contributed by atoms with Crippen molar-refractivity contribution in [2.75, 3.05) is 54.9 Å². The van der Waals surface area contributed by atoms with Crippen LogP contribution in [0.5, 0.6) is 0 Å². The zero-order chi connectivity index (χ0) is 13.4. The second kappa shape index (κ2) is 19.5. The molecule has 144 valence electrons. The van der Waals surface area contributed by atoms with Gasteiger partial charge in [0.25, 0.3) is 0 Å². The van der Waals surface area contributed by atoms with E-state index in [2.05, 4.69) is 42.2 Å². The van der Waals surface area contributed by atoms with E-state index in [0.717, 1.165) is 4.48 Å². The van der Waals surface area contributed by atoms with Crippen molar-refractivity contribution in [2.24, 2.45) is 0 Å². The lowest BCUT2D eigenvalue weighted by Gasteiger charge is -2.31. The van der Waals surface area contributed by atoms with E-state index in [1.54, 1.807) is 0 Å². The van der Waals surface area contributed by atoms with Gasteiger partial charge in [-0.25, -0.2) is 0 Å². The number of unbranched alkanes of at least 4 members (excludes halogenated alkanes) is 4. The van der Waals surface area contributed by atoms with E-state index in [4.69, 9.17) is 0 Å². The molecule has 0 aromatic heterocycles. The SMILES string of the molecule is C.C.C.CCCCCCC[N+](C)(C)CCC[N+](C)(C)C.[Cl-].[Cl-]. The second-order valence-corrected chi connectivity index (χ2v) is 7.16. The lowest BCUT2D eigenvalue weighted by atomic mass is 10.1. The lowest BCUT2D eigenvalue weighted by molar-refractivity contribution is -0.902. The van der Waals surface area contributed by atoms with Crippen molar-refractivity contribution in [1.29, 1.82) is 0 Å². The molecule has 0 aromatic rings. The van der Waals surface area contributed by atoms with Crippen molar-refractivity contribution < 1.29 is 33.8 Å². The van der Waals surface area contributed by atoms with E-state index >= 15 is 0 Å². The average Bonchev–Trinajstić information content (AvgIpc) is 2.14. The minimum Gasteiger partial charge on any atom is -1.00 e. The molecular weight excluding hydrogens is 315 g/mol. The molecule has 0 atom stereocenters. The fourth-order valence-corrected chi connectivity index (χ4v) is 2.23. The van der Waals surface area contributed by atoms with Gasteiger partial charge in [-0.1, -0.05) is 48.5 Å². The lowest BCUT2D eigenvalue weighted by Crippen LogP contribution is -3.00. The monoisotopic (exact) mass is 362 g/mol. The first kappa shape index (κ1) is 38.2. The summed E-state index contributed by atoms with van der Waals surface area (Å²) in [6, 6.07) is 0. The van der Waals surface area contributed by atoms with Crippen LogP contribution in [0, 0.1) is 0 Å². The molecule has 22 heavy (non-hydrogen) atoms. The summed E-state index contributed by atoms with van der Waals surface area (Å²) >= 11 is 0. The summed E-state index contributed by atoms with van der Waals surface area (Å²) in [7, 11) is 11.6. The van der Waals surface area contributed by atoms with Crippen LogP contribution >= 0.6 is 0 Å². The van der Waals surface area contributed by atoms with E-state index in [9.17, 15) is 0 Å². The summed E-state index contributed by atoms with van der Waals surface area (Å²) in [6.07, 6.45) is 8.35. The molecule has 0 bridgehead atoms. The van der Waals surface area contributed by atoms with Crippen molar-refractivity contribution in [1.82, 2.24) is 0 Å². The molecule has 4 heteroatoms. The Morgan fingerprint density at radius 1 is 0.545 bits per heavy atom.